The Hall–Kier alpha value is -1.09. The van der Waals surface area contributed by atoms with Crippen LogP contribution in [0.15, 0.2) is 23.1 Å². The van der Waals surface area contributed by atoms with Gasteiger partial charge >= 0.3 is 0 Å². The van der Waals surface area contributed by atoms with Crippen molar-refractivity contribution in [2.24, 2.45) is 11.7 Å². The van der Waals surface area contributed by atoms with Gasteiger partial charge in [0.25, 0.3) is 0 Å². The van der Waals surface area contributed by atoms with Gasteiger partial charge in [0.15, 0.2) is 0 Å². The van der Waals surface area contributed by atoms with Crippen LogP contribution in [-0.2, 0) is 10.0 Å². The first-order valence-electron chi connectivity index (χ1n) is 5.89. The molecule has 0 saturated carbocycles. The molecule has 19 heavy (non-hydrogen) atoms. The lowest BCUT2D eigenvalue weighted by Crippen LogP contribution is -2.43. The van der Waals surface area contributed by atoms with E-state index in [0.29, 0.717) is 11.0 Å². The highest BCUT2D eigenvalue weighted by atomic mass is 32.2. The van der Waals surface area contributed by atoms with E-state index in [2.05, 4.69) is 13.5 Å². The number of nitrogens with one attached hydrogen (secondary N) is 1. The summed E-state index contributed by atoms with van der Waals surface area (Å²) in [6.07, 6.45) is 0. The maximum Gasteiger partial charge on any atom is 0.243 e. The van der Waals surface area contributed by atoms with Crippen molar-refractivity contribution >= 4 is 32.8 Å². The molecular formula is C11H16N4O2S2. The van der Waals surface area contributed by atoms with Crippen LogP contribution >= 0.6 is 11.7 Å². The third kappa shape index (κ3) is 2.92. The Bertz CT molecular complexity index is 666. The van der Waals surface area contributed by atoms with E-state index in [1.807, 2.05) is 13.8 Å². The molecule has 1 aromatic carbocycles. The van der Waals surface area contributed by atoms with Crippen LogP contribution in [0.2, 0.25) is 0 Å². The number of nitrogens with two attached hydrogens (primary N) is 1. The molecule has 0 fully saturated rings. The fraction of sp³-hybridized carbons (Fsp3) is 0.455. The van der Waals surface area contributed by atoms with E-state index in [1.165, 1.54) is 6.07 Å². The number of hydrogen-bond acceptors (Lipinski definition) is 6. The van der Waals surface area contributed by atoms with E-state index < -0.39 is 10.0 Å². The minimum Gasteiger partial charge on any atom is -0.329 e. The molecule has 0 saturated heterocycles. The van der Waals surface area contributed by atoms with Crippen LogP contribution < -0.4 is 10.5 Å². The summed E-state index contributed by atoms with van der Waals surface area (Å²) >= 11 is 0.997. The first-order valence-corrected chi connectivity index (χ1v) is 8.10. The molecule has 0 bridgehead atoms. The zero-order chi connectivity index (χ0) is 14.0. The summed E-state index contributed by atoms with van der Waals surface area (Å²) in [6.45, 7) is 4.10. The number of hydrogen-bond donors (Lipinski definition) is 2. The van der Waals surface area contributed by atoms with Gasteiger partial charge in [-0.05, 0) is 18.1 Å². The topological polar surface area (TPSA) is 98.0 Å². The Morgan fingerprint density at radius 1 is 1.37 bits per heavy atom. The molecule has 0 aliphatic rings. The van der Waals surface area contributed by atoms with Crippen LogP contribution in [0.4, 0.5) is 0 Å². The van der Waals surface area contributed by atoms with Crippen molar-refractivity contribution in [2.45, 2.75) is 24.8 Å². The van der Waals surface area contributed by atoms with Gasteiger partial charge in [-0.25, -0.2) is 13.1 Å². The van der Waals surface area contributed by atoms with E-state index in [0.717, 1.165) is 11.7 Å². The van der Waals surface area contributed by atoms with Crippen molar-refractivity contribution in [3.05, 3.63) is 18.2 Å². The van der Waals surface area contributed by atoms with Crippen LogP contribution in [0.3, 0.4) is 0 Å². The third-order valence-electron chi connectivity index (χ3n) is 2.90. The predicted octanol–water partition coefficient (Wildman–Crippen LogP) is 0.953. The van der Waals surface area contributed by atoms with Gasteiger partial charge < -0.3 is 5.73 Å². The SMILES string of the molecule is CC(C)C(CN)NS(=O)(=O)c1cccc2nsnc12. The number of nitrogens with zero attached hydrogens (tertiary/aromatic N) is 2. The summed E-state index contributed by atoms with van der Waals surface area (Å²) < 4.78 is 35.5. The Morgan fingerprint density at radius 2 is 2.11 bits per heavy atom. The molecule has 3 N–H and O–H groups in total. The molecule has 0 spiro atoms. The molecule has 2 rings (SSSR count). The normalized spacial score (nSPS) is 14.1. The first-order chi connectivity index (χ1) is 8.95. The lowest BCUT2D eigenvalue weighted by Gasteiger charge is -2.20. The number of rotatable bonds is 5. The second-order valence-corrected chi connectivity index (χ2v) is 6.81. The van der Waals surface area contributed by atoms with Gasteiger partial charge in [0, 0.05) is 12.6 Å². The van der Waals surface area contributed by atoms with Crippen LogP contribution in [-0.4, -0.2) is 29.8 Å². The number of aromatic nitrogens is 2. The van der Waals surface area contributed by atoms with Crippen molar-refractivity contribution in [3.63, 3.8) is 0 Å². The first kappa shape index (κ1) is 14.3. The van der Waals surface area contributed by atoms with Gasteiger partial charge in [-0.15, -0.1) is 0 Å². The zero-order valence-corrected chi connectivity index (χ0v) is 12.3. The van der Waals surface area contributed by atoms with Gasteiger partial charge in [-0.3, -0.25) is 0 Å². The minimum atomic E-state index is -3.64. The highest BCUT2D eigenvalue weighted by Gasteiger charge is 2.24. The molecule has 2 aromatic rings. The molecule has 1 atom stereocenters. The Labute approximate surface area is 116 Å². The van der Waals surface area contributed by atoms with Gasteiger partial charge in [-0.1, -0.05) is 19.9 Å². The van der Waals surface area contributed by atoms with E-state index in [9.17, 15) is 8.42 Å². The summed E-state index contributed by atoms with van der Waals surface area (Å²) in [7, 11) is -3.64. The van der Waals surface area contributed by atoms with E-state index >= 15 is 0 Å². The van der Waals surface area contributed by atoms with Crippen molar-refractivity contribution in [2.75, 3.05) is 6.54 Å². The summed E-state index contributed by atoms with van der Waals surface area (Å²) in [5.41, 5.74) is 6.59. The largest absolute Gasteiger partial charge is 0.329 e. The average Bonchev–Trinajstić information content (AvgIpc) is 2.83. The second kappa shape index (κ2) is 5.49. The highest BCUT2D eigenvalue weighted by molar-refractivity contribution is 7.89. The zero-order valence-electron chi connectivity index (χ0n) is 10.7. The molecule has 8 heteroatoms. The van der Waals surface area contributed by atoms with Crippen LogP contribution in [0.5, 0.6) is 0 Å². The number of benzene rings is 1. The number of sulfonamides is 1. The quantitative estimate of drug-likeness (QED) is 0.857. The Balaban J connectivity index is 2.42. The maximum absolute atomic E-state index is 12.4. The molecule has 104 valence electrons. The molecule has 6 nitrogen and oxygen atoms in total. The van der Waals surface area contributed by atoms with Gasteiger partial charge in [0.2, 0.25) is 10.0 Å². The van der Waals surface area contributed by atoms with Crippen molar-refractivity contribution in [1.82, 2.24) is 13.5 Å². The van der Waals surface area contributed by atoms with Gasteiger partial charge in [0.05, 0.1) is 11.7 Å². The van der Waals surface area contributed by atoms with E-state index in [-0.39, 0.29) is 23.4 Å². The third-order valence-corrected chi connectivity index (χ3v) is 4.97. The molecular weight excluding hydrogens is 284 g/mol. The Morgan fingerprint density at radius 3 is 2.74 bits per heavy atom. The monoisotopic (exact) mass is 300 g/mol. The second-order valence-electron chi connectivity index (χ2n) is 4.60. The molecule has 0 aliphatic carbocycles. The molecule has 0 amide bonds. The Kier molecular flexibility index (Phi) is 4.14. The molecule has 1 aromatic heterocycles. The average molecular weight is 300 g/mol. The number of fused-ring (bicyclic) bond motifs is 1. The van der Waals surface area contributed by atoms with E-state index in [4.69, 9.17) is 5.73 Å². The summed E-state index contributed by atoms with van der Waals surface area (Å²) in [5, 5.41) is 0. The van der Waals surface area contributed by atoms with Crippen LogP contribution in [0.1, 0.15) is 13.8 Å². The lowest BCUT2D eigenvalue weighted by molar-refractivity contribution is 0.455. The molecule has 1 unspecified atom stereocenters. The van der Waals surface area contributed by atoms with Crippen LogP contribution in [0, 0.1) is 5.92 Å². The van der Waals surface area contributed by atoms with E-state index in [1.54, 1.807) is 12.1 Å². The van der Waals surface area contributed by atoms with Crippen molar-refractivity contribution < 1.29 is 8.42 Å². The van der Waals surface area contributed by atoms with Crippen molar-refractivity contribution in [3.8, 4) is 0 Å². The minimum absolute atomic E-state index is 0.118. The smallest absolute Gasteiger partial charge is 0.243 e. The van der Waals surface area contributed by atoms with Gasteiger partial charge in [0.1, 0.15) is 15.9 Å². The summed E-state index contributed by atoms with van der Waals surface area (Å²) in [6, 6.07) is 4.62. The fourth-order valence-electron chi connectivity index (χ4n) is 1.72. The molecule has 0 radical (unpaired) electrons. The molecule has 0 aliphatic heterocycles. The maximum atomic E-state index is 12.4. The van der Waals surface area contributed by atoms with Crippen LogP contribution in [0.25, 0.3) is 11.0 Å². The van der Waals surface area contributed by atoms with Crippen molar-refractivity contribution in [1.29, 1.82) is 0 Å². The van der Waals surface area contributed by atoms with Gasteiger partial charge in [-0.2, -0.15) is 8.75 Å². The fourth-order valence-corrected chi connectivity index (χ4v) is 3.88. The predicted molar refractivity (Wildman–Crippen MR) is 75.4 cm³/mol. The summed E-state index contributed by atoms with van der Waals surface area (Å²) in [5.74, 6) is 0.118. The highest BCUT2D eigenvalue weighted by Crippen LogP contribution is 2.21. The summed E-state index contributed by atoms with van der Waals surface area (Å²) in [4.78, 5) is 0.151. The lowest BCUT2D eigenvalue weighted by atomic mass is 10.1. The molecule has 1 heterocycles. The standard InChI is InChI=1S/C11H16N4O2S2/c1-7(2)9(6-12)15-19(16,17)10-5-3-4-8-11(10)14-18-13-8/h3-5,7,9,15H,6,12H2,1-2H3.